The minimum atomic E-state index is -0.362. The van der Waals surface area contributed by atoms with Gasteiger partial charge in [0.1, 0.15) is 0 Å². The highest BCUT2D eigenvalue weighted by Gasteiger charge is 2.16. The summed E-state index contributed by atoms with van der Waals surface area (Å²) in [6.45, 7) is 7.38. The van der Waals surface area contributed by atoms with Crippen molar-refractivity contribution >= 4 is 0 Å². The zero-order valence-corrected chi connectivity index (χ0v) is 10.7. The Morgan fingerprint density at radius 1 is 1.31 bits per heavy atom. The summed E-state index contributed by atoms with van der Waals surface area (Å²) in [6.07, 6.45) is 5.58. The predicted molar refractivity (Wildman–Crippen MR) is 66.2 cm³/mol. The van der Waals surface area contributed by atoms with Gasteiger partial charge in [0.25, 0.3) is 0 Å². The van der Waals surface area contributed by atoms with Crippen LogP contribution in [0.3, 0.4) is 0 Å². The molecule has 92 valence electrons. The number of aliphatic hydroxyl groups excluding tert-OH is 1. The second kappa shape index (κ2) is 6.69. The number of nitrogens with zero attached hydrogens (tertiary/aromatic N) is 2. The van der Waals surface area contributed by atoms with E-state index in [1.54, 1.807) is 6.20 Å². The third kappa shape index (κ3) is 3.34. The molecule has 0 radical (unpaired) electrons. The number of aryl methyl sites for hydroxylation is 1. The Balaban J connectivity index is 2.64. The van der Waals surface area contributed by atoms with Gasteiger partial charge in [-0.15, -0.1) is 0 Å². The quantitative estimate of drug-likeness (QED) is 0.772. The fraction of sp³-hybridized carbons (Fsp3) is 0.769. The number of aliphatic hydroxyl groups is 1. The molecule has 1 N–H and O–H groups in total. The van der Waals surface area contributed by atoms with Gasteiger partial charge in [-0.1, -0.05) is 33.6 Å². The van der Waals surface area contributed by atoms with E-state index in [1.807, 2.05) is 10.7 Å². The number of hydrogen-bond donors (Lipinski definition) is 1. The lowest BCUT2D eigenvalue weighted by Crippen LogP contribution is -2.12. The minimum absolute atomic E-state index is 0.362. The molecule has 0 aliphatic rings. The zero-order valence-electron chi connectivity index (χ0n) is 10.7. The normalized spacial score (nSPS) is 13.3. The van der Waals surface area contributed by atoms with Crippen LogP contribution in [0.25, 0.3) is 0 Å². The van der Waals surface area contributed by atoms with Gasteiger partial charge in [0.05, 0.1) is 11.8 Å². The van der Waals surface area contributed by atoms with Crippen molar-refractivity contribution in [2.45, 2.75) is 59.1 Å². The molecular formula is C13H24N2O. The molecule has 0 saturated carbocycles. The van der Waals surface area contributed by atoms with Gasteiger partial charge < -0.3 is 5.11 Å². The second-order valence-electron chi connectivity index (χ2n) is 4.41. The van der Waals surface area contributed by atoms with Crippen molar-refractivity contribution in [3.05, 3.63) is 18.0 Å². The van der Waals surface area contributed by atoms with Gasteiger partial charge in [0.2, 0.25) is 0 Å². The Kier molecular flexibility index (Phi) is 5.53. The van der Waals surface area contributed by atoms with E-state index in [4.69, 9.17) is 0 Å². The summed E-state index contributed by atoms with van der Waals surface area (Å²) < 4.78 is 1.92. The number of hydrogen-bond acceptors (Lipinski definition) is 2. The molecule has 3 nitrogen and oxygen atoms in total. The van der Waals surface area contributed by atoms with E-state index in [0.29, 0.717) is 5.92 Å². The fourth-order valence-electron chi connectivity index (χ4n) is 2.08. The SMILES string of the molecule is CCCn1nccc1C(O)CC(CC)CC. The highest BCUT2D eigenvalue weighted by molar-refractivity contribution is 5.04. The lowest BCUT2D eigenvalue weighted by Gasteiger charge is -2.18. The molecule has 0 aliphatic heterocycles. The molecule has 0 aliphatic carbocycles. The molecule has 1 rings (SSSR count). The van der Waals surface area contributed by atoms with E-state index in [9.17, 15) is 5.11 Å². The molecule has 0 saturated heterocycles. The van der Waals surface area contributed by atoms with Crippen LogP contribution in [0.5, 0.6) is 0 Å². The summed E-state index contributed by atoms with van der Waals surface area (Å²) in [6, 6.07) is 1.93. The van der Waals surface area contributed by atoms with Gasteiger partial charge in [0, 0.05) is 12.7 Å². The zero-order chi connectivity index (χ0) is 12.0. The van der Waals surface area contributed by atoms with E-state index in [0.717, 1.165) is 37.9 Å². The van der Waals surface area contributed by atoms with Crippen LogP contribution in [0, 0.1) is 5.92 Å². The molecule has 3 heteroatoms. The van der Waals surface area contributed by atoms with E-state index < -0.39 is 0 Å². The Morgan fingerprint density at radius 3 is 2.56 bits per heavy atom. The largest absolute Gasteiger partial charge is 0.387 e. The van der Waals surface area contributed by atoms with Crippen molar-refractivity contribution < 1.29 is 5.11 Å². The van der Waals surface area contributed by atoms with Crippen LogP contribution in [-0.2, 0) is 6.54 Å². The predicted octanol–water partition coefficient (Wildman–Crippen LogP) is 3.15. The molecule has 1 heterocycles. The molecule has 1 unspecified atom stereocenters. The molecule has 0 spiro atoms. The van der Waals surface area contributed by atoms with Crippen LogP contribution >= 0.6 is 0 Å². The van der Waals surface area contributed by atoms with Crippen LogP contribution in [0.4, 0.5) is 0 Å². The average Bonchev–Trinajstić information content (AvgIpc) is 2.74. The molecular weight excluding hydrogens is 200 g/mol. The molecule has 16 heavy (non-hydrogen) atoms. The molecule has 1 aromatic heterocycles. The van der Waals surface area contributed by atoms with Gasteiger partial charge in [-0.3, -0.25) is 4.68 Å². The number of rotatable bonds is 7. The van der Waals surface area contributed by atoms with Crippen LogP contribution in [0.2, 0.25) is 0 Å². The first-order valence-corrected chi connectivity index (χ1v) is 6.42. The second-order valence-corrected chi connectivity index (χ2v) is 4.41. The van der Waals surface area contributed by atoms with Gasteiger partial charge in [-0.05, 0) is 24.8 Å². The minimum Gasteiger partial charge on any atom is -0.387 e. The van der Waals surface area contributed by atoms with Gasteiger partial charge in [0.15, 0.2) is 0 Å². The van der Waals surface area contributed by atoms with Crippen molar-refractivity contribution in [2.24, 2.45) is 5.92 Å². The maximum atomic E-state index is 10.2. The van der Waals surface area contributed by atoms with Gasteiger partial charge in [-0.2, -0.15) is 5.10 Å². The first kappa shape index (κ1) is 13.2. The summed E-state index contributed by atoms with van der Waals surface area (Å²) >= 11 is 0. The third-order valence-electron chi connectivity index (χ3n) is 3.24. The van der Waals surface area contributed by atoms with Crippen molar-refractivity contribution in [2.75, 3.05) is 0 Å². The van der Waals surface area contributed by atoms with Gasteiger partial charge >= 0.3 is 0 Å². The first-order chi connectivity index (χ1) is 7.72. The Morgan fingerprint density at radius 2 is 2.00 bits per heavy atom. The standard InChI is InChI=1S/C13H24N2O/c1-4-9-15-12(7-8-14-15)13(16)10-11(5-2)6-3/h7-8,11,13,16H,4-6,9-10H2,1-3H3. The van der Waals surface area contributed by atoms with E-state index in [-0.39, 0.29) is 6.10 Å². The highest BCUT2D eigenvalue weighted by atomic mass is 16.3. The van der Waals surface area contributed by atoms with E-state index >= 15 is 0 Å². The van der Waals surface area contributed by atoms with Crippen LogP contribution < -0.4 is 0 Å². The maximum absolute atomic E-state index is 10.2. The Labute approximate surface area is 98.5 Å². The van der Waals surface area contributed by atoms with E-state index in [1.165, 1.54) is 0 Å². The smallest absolute Gasteiger partial charge is 0.0959 e. The third-order valence-corrected chi connectivity index (χ3v) is 3.24. The summed E-state index contributed by atoms with van der Waals surface area (Å²) in [4.78, 5) is 0. The molecule has 0 bridgehead atoms. The molecule has 1 atom stereocenters. The van der Waals surface area contributed by atoms with Crippen molar-refractivity contribution in [1.82, 2.24) is 9.78 Å². The maximum Gasteiger partial charge on any atom is 0.0959 e. The van der Waals surface area contributed by atoms with Gasteiger partial charge in [-0.25, -0.2) is 0 Å². The molecule has 1 aromatic rings. The first-order valence-electron chi connectivity index (χ1n) is 6.42. The van der Waals surface area contributed by atoms with Crippen molar-refractivity contribution in [1.29, 1.82) is 0 Å². The molecule has 0 aromatic carbocycles. The van der Waals surface area contributed by atoms with Crippen molar-refractivity contribution in [3.8, 4) is 0 Å². The van der Waals surface area contributed by atoms with Crippen LogP contribution in [-0.4, -0.2) is 14.9 Å². The van der Waals surface area contributed by atoms with E-state index in [2.05, 4.69) is 25.9 Å². The van der Waals surface area contributed by atoms with Crippen LogP contribution in [0.15, 0.2) is 12.3 Å². The van der Waals surface area contributed by atoms with Crippen molar-refractivity contribution in [3.63, 3.8) is 0 Å². The lowest BCUT2D eigenvalue weighted by atomic mass is 9.95. The summed E-state index contributed by atoms with van der Waals surface area (Å²) in [7, 11) is 0. The monoisotopic (exact) mass is 224 g/mol. The molecule has 0 fully saturated rings. The Hall–Kier alpha value is -0.830. The fourth-order valence-corrected chi connectivity index (χ4v) is 2.08. The van der Waals surface area contributed by atoms with Crippen LogP contribution in [0.1, 0.15) is 58.3 Å². The number of aromatic nitrogens is 2. The summed E-state index contributed by atoms with van der Waals surface area (Å²) in [5.74, 6) is 0.611. The average molecular weight is 224 g/mol. The highest BCUT2D eigenvalue weighted by Crippen LogP contribution is 2.24. The Bertz CT molecular complexity index is 292. The topological polar surface area (TPSA) is 38.0 Å². The molecule has 0 amide bonds. The summed E-state index contributed by atoms with van der Waals surface area (Å²) in [5, 5.41) is 14.4. The lowest BCUT2D eigenvalue weighted by molar-refractivity contribution is 0.131. The summed E-state index contributed by atoms with van der Waals surface area (Å²) in [5.41, 5.74) is 0.966.